The fourth-order valence-corrected chi connectivity index (χ4v) is 11.6. The maximum Gasteiger partial charge on any atom is 0.341 e. The first-order valence-electron chi connectivity index (χ1n) is 26.3. The van der Waals surface area contributed by atoms with Gasteiger partial charge < -0.3 is 78.1 Å². The highest BCUT2D eigenvalue weighted by atomic mass is 16.7. The number of carbonyl (C=O) groups is 2. The minimum atomic E-state index is -1.84. The van der Waals surface area contributed by atoms with E-state index in [0.717, 1.165) is 5.56 Å². The van der Waals surface area contributed by atoms with Gasteiger partial charge in [0.1, 0.15) is 42.7 Å². The Hall–Kier alpha value is -3.35. The molecule has 0 amide bonds. The summed E-state index contributed by atoms with van der Waals surface area (Å²) in [6.07, 6.45) is -5.78. The number of carbonyl (C=O) groups excluding carboxylic acids is 1. The maximum atomic E-state index is 14.6. The Kier molecular flexibility index (Phi) is 21.5. The van der Waals surface area contributed by atoms with Gasteiger partial charge in [-0.05, 0) is 125 Å². The van der Waals surface area contributed by atoms with Crippen LogP contribution in [0.3, 0.4) is 0 Å². The molecule has 0 unspecified atom stereocenters. The largest absolute Gasteiger partial charge is 0.477 e. The molecule has 3 aliphatic heterocycles. The van der Waals surface area contributed by atoms with Crippen molar-refractivity contribution in [3.05, 3.63) is 45.7 Å². The molecule has 18 atom stereocenters. The maximum absolute atomic E-state index is 14.6. The molecule has 3 aliphatic rings. The average molecular weight is 1050 g/mol. The Labute approximate surface area is 437 Å². The van der Waals surface area contributed by atoms with Crippen LogP contribution in [0.15, 0.2) is 29.2 Å². The normalized spacial score (nSPS) is 38.3. The number of ether oxygens (including phenoxy) is 8. The second-order valence-electron chi connectivity index (χ2n) is 22.3. The van der Waals surface area contributed by atoms with Gasteiger partial charge in [-0.3, -0.25) is 9.59 Å². The van der Waals surface area contributed by atoms with Crippen LogP contribution in [0.2, 0.25) is 0 Å². The number of pyridine rings is 1. The van der Waals surface area contributed by atoms with Gasteiger partial charge in [0.05, 0.1) is 71.8 Å². The Morgan fingerprint density at radius 2 is 1.62 bits per heavy atom. The number of rotatable bonds is 17. The van der Waals surface area contributed by atoms with Gasteiger partial charge in [-0.15, -0.1) is 0 Å². The van der Waals surface area contributed by atoms with Crippen molar-refractivity contribution in [2.24, 2.45) is 17.8 Å². The van der Waals surface area contributed by atoms with Crippen molar-refractivity contribution in [1.82, 2.24) is 14.5 Å². The highest BCUT2D eigenvalue weighted by molar-refractivity contribution is 5.92. The number of cyclic esters (lactones) is 1. The molecule has 4 heterocycles. The molecule has 5 rings (SSSR count). The molecule has 2 aromatic rings. The first-order valence-corrected chi connectivity index (χ1v) is 26.3. The van der Waals surface area contributed by atoms with E-state index >= 15 is 0 Å². The zero-order chi connectivity index (χ0) is 55.2. The molecule has 3 fully saturated rings. The summed E-state index contributed by atoms with van der Waals surface area (Å²) >= 11 is 0. The van der Waals surface area contributed by atoms with Gasteiger partial charge in [0.25, 0.3) is 0 Å². The number of aliphatic hydroxyl groups excluding tert-OH is 2. The lowest BCUT2D eigenvalue weighted by molar-refractivity contribution is -0.321. The molecule has 0 bridgehead atoms. The van der Waals surface area contributed by atoms with E-state index < -0.39 is 107 Å². The number of likely N-dealkylation sites (N-methyl/N-ethyl adjacent to an activating group) is 2. The topological polar surface area (TPSA) is 247 Å². The van der Waals surface area contributed by atoms with Crippen molar-refractivity contribution in [1.29, 1.82) is 0 Å². The average Bonchev–Trinajstić information content (AvgIpc) is 3.33. The van der Waals surface area contributed by atoms with Gasteiger partial charge in [-0.25, -0.2) is 4.79 Å². The Bertz CT molecular complexity index is 2210. The molecule has 20 nitrogen and oxygen atoms in total. The number of esters is 1. The number of aryl methyl sites for hydroxylation is 1. The third kappa shape index (κ3) is 14.2. The number of aliphatic hydroxyl groups is 4. The van der Waals surface area contributed by atoms with Crippen LogP contribution in [0, 0.1) is 17.8 Å². The molecule has 5 N–H and O–H groups in total. The number of methoxy groups -OCH3 is 1. The lowest BCUT2D eigenvalue weighted by Gasteiger charge is -2.49. The molecular formula is C54H89N3O17. The highest BCUT2D eigenvalue weighted by Crippen LogP contribution is 2.41. The Morgan fingerprint density at radius 3 is 2.24 bits per heavy atom. The fourth-order valence-electron chi connectivity index (χ4n) is 11.6. The van der Waals surface area contributed by atoms with Gasteiger partial charge >= 0.3 is 11.9 Å². The first kappa shape index (κ1) is 61.5. The van der Waals surface area contributed by atoms with E-state index in [1.807, 2.05) is 71.6 Å². The lowest BCUT2D eigenvalue weighted by Crippen LogP contribution is -2.61. The Balaban J connectivity index is 1.35. The van der Waals surface area contributed by atoms with Crippen LogP contribution in [-0.2, 0) is 49.1 Å². The third-order valence-electron chi connectivity index (χ3n) is 15.9. The molecule has 20 heteroatoms. The molecule has 74 heavy (non-hydrogen) atoms. The monoisotopic (exact) mass is 1050 g/mol. The SMILES string of the molecule is CC[C@H]1OC(=O)[C@H](C)[C@@H](O[C@H]2C[C@@](C)(OC)[C@@H](OCCOCCCc3ccc4c(c3)c(=O)c(C(=O)O)cn4OC)[C@H](C)O2)[C@H](C)[C@@H](O[C@@H]2O[C@H](C)C[C@H](N(C)C)[C@H]2O)[C@](C)(O)C[C@@H](C)CN(C)[C@H](C)[C@@H](O)[C@]1(C)O. The van der Waals surface area contributed by atoms with Crippen LogP contribution < -0.4 is 10.3 Å². The summed E-state index contributed by atoms with van der Waals surface area (Å²) in [5.74, 6) is -4.08. The molecule has 0 aliphatic carbocycles. The molecule has 0 spiro atoms. The summed E-state index contributed by atoms with van der Waals surface area (Å²) in [6, 6.07) is 4.39. The summed E-state index contributed by atoms with van der Waals surface area (Å²) in [5, 5.41) is 57.9. The predicted molar refractivity (Wildman–Crippen MR) is 275 cm³/mol. The minimum Gasteiger partial charge on any atom is -0.477 e. The minimum absolute atomic E-state index is 0.160. The summed E-state index contributed by atoms with van der Waals surface area (Å²) in [6.45, 7) is 19.1. The predicted octanol–water partition coefficient (Wildman–Crippen LogP) is 3.65. The van der Waals surface area contributed by atoms with E-state index in [-0.39, 0.29) is 61.5 Å². The fraction of sp³-hybridized carbons (Fsp3) is 0.796. The van der Waals surface area contributed by atoms with Gasteiger partial charge in [-0.1, -0.05) is 26.8 Å². The zero-order valence-electron chi connectivity index (χ0n) is 46.5. The van der Waals surface area contributed by atoms with Crippen LogP contribution in [0.5, 0.6) is 0 Å². The van der Waals surface area contributed by atoms with Crippen LogP contribution in [0.4, 0.5) is 0 Å². The van der Waals surface area contributed by atoms with Crippen molar-refractivity contribution in [2.45, 2.75) is 198 Å². The molecule has 1 aromatic carbocycles. The number of hydrogen-bond acceptors (Lipinski definition) is 18. The number of carboxylic acid groups (broad SMARTS) is 1. The van der Waals surface area contributed by atoms with E-state index in [4.69, 9.17) is 42.7 Å². The second kappa shape index (κ2) is 25.9. The first-order chi connectivity index (χ1) is 34.6. The highest BCUT2D eigenvalue weighted by Gasteiger charge is 2.53. The molecule has 1 aromatic heterocycles. The van der Waals surface area contributed by atoms with Crippen LogP contribution in [0.25, 0.3) is 10.9 Å². The standard InChI is InChI=1S/C54H89N3O17/c1-16-41-54(10,65)46(60)34(6)56(13)28-30(2)26-52(8,64)47(74-51-44(59)40(55(11)12)24-31(3)70-51)32(4)45(33(5)50(63)72-41)73-42-27-53(9,66-14)48(35(7)71-42)69-23-22-68-21-17-18-36-19-20-39-37(25-36)43(58)38(49(61)62)29-57(39)67-15/h19-20,25,29-35,40-42,44-48,51,59-60,64-65H,16-18,21-24,26-28H2,1-15H3,(H,61,62)/t30-,31-,32+,33-,34-,35+,40+,41-,42+,44-,45+,46-,47-,48+,51+,52-,53-,54-/m1/s1. The van der Waals surface area contributed by atoms with Crippen LogP contribution in [0.1, 0.15) is 117 Å². The third-order valence-corrected chi connectivity index (χ3v) is 15.9. The summed E-state index contributed by atoms with van der Waals surface area (Å²) in [7, 11) is 8.57. The van der Waals surface area contributed by atoms with Crippen molar-refractivity contribution >= 4 is 22.8 Å². The van der Waals surface area contributed by atoms with E-state index in [1.165, 1.54) is 25.0 Å². The summed E-state index contributed by atoms with van der Waals surface area (Å²) in [5.41, 5.74) is -4.08. The Morgan fingerprint density at radius 1 is 0.932 bits per heavy atom. The zero-order valence-corrected chi connectivity index (χ0v) is 46.5. The van der Waals surface area contributed by atoms with Crippen molar-refractivity contribution in [3.8, 4) is 0 Å². The summed E-state index contributed by atoms with van der Waals surface area (Å²) in [4.78, 5) is 48.3. The quantitative estimate of drug-likeness (QED) is 0.112. The number of aromatic nitrogens is 1. The van der Waals surface area contributed by atoms with Crippen molar-refractivity contribution in [3.63, 3.8) is 0 Å². The summed E-state index contributed by atoms with van der Waals surface area (Å²) < 4.78 is 52.6. The van der Waals surface area contributed by atoms with Gasteiger partial charge in [0, 0.05) is 44.7 Å². The number of fused-ring (bicyclic) bond motifs is 1. The molecule has 422 valence electrons. The van der Waals surface area contributed by atoms with Gasteiger partial charge in [-0.2, -0.15) is 4.73 Å². The van der Waals surface area contributed by atoms with Gasteiger partial charge in [0.15, 0.2) is 12.6 Å². The smallest absolute Gasteiger partial charge is 0.341 e. The second-order valence-corrected chi connectivity index (χ2v) is 22.3. The number of nitrogens with zero attached hydrogens (tertiary/aromatic N) is 3. The molecule has 0 saturated carbocycles. The van der Waals surface area contributed by atoms with Crippen LogP contribution in [-0.4, -0.2) is 204 Å². The molecular weight excluding hydrogens is 963 g/mol. The number of benzene rings is 1. The van der Waals surface area contributed by atoms with Crippen molar-refractivity contribution < 1.29 is 77.9 Å². The van der Waals surface area contributed by atoms with Crippen LogP contribution >= 0.6 is 0 Å². The van der Waals surface area contributed by atoms with E-state index in [1.54, 1.807) is 46.9 Å². The number of carboxylic acids is 1. The van der Waals surface area contributed by atoms with E-state index in [9.17, 15) is 39.9 Å². The van der Waals surface area contributed by atoms with E-state index in [2.05, 4.69) is 0 Å². The number of hydrogen-bond donors (Lipinski definition) is 5. The molecule has 3 saturated heterocycles. The molecule has 0 radical (unpaired) electrons. The lowest BCUT2D eigenvalue weighted by atomic mass is 9.77. The van der Waals surface area contributed by atoms with Crippen molar-refractivity contribution in [2.75, 3.05) is 61.7 Å². The number of aromatic carboxylic acids is 1. The van der Waals surface area contributed by atoms with E-state index in [0.29, 0.717) is 37.9 Å². The van der Waals surface area contributed by atoms with Gasteiger partial charge in [0.2, 0.25) is 5.43 Å².